The van der Waals surface area contributed by atoms with Gasteiger partial charge in [0.1, 0.15) is 0 Å². The van der Waals surface area contributed by atoms with Crippen molar-refractivity contribution < 1.29 is 4.79 Å². The summed E-state index contributed by atoms with van der Waals surface area (Å²) in [7, 11) is 0. The van der Waals surface area contributed by atoms with Gasteiger partial charge in [-0.15, -0.1) is 22.7 Å². The van der Waals surface area contributed by atoms with Crippen molar-refractivity contribution in [1.29, 1.82) is 0 Å². The van der Waals surface area contributed by atoms with Crippen LogP contribution in [0, 0.1) is 11.8 Å². The lowest BCUT2D eigenvalue weighted by Crippen LogP contribution is -2.39. The Morgan fingerprint density at radius 3 is 2.29 bits per heavy atom. The highest BCUT2D eigenvalue weighted by Crippen LogP contribution is 2.33. The highest BCUT2D eigenvalue weighted by molar-refractivity contribution is 9.11. The number of thiophene rings is 2. The van der Waals surface area contributed by atoms with E-state index >= 15 is 0 Å². The van der Waals surface area contributed by atoms with E-state index in [1.165, 1.54) is 56.3 Å². The minimum atomic E-state index is 0.213. The second-order valence-corrected chi connectivity index (χ2v) is 12.2. The van der Waals surface area contributed by atoms with Crippen LogP contribution in [0.4, 0.5) is 0 Å². The van der Waals surface area contributed by atoms with Gasteiger partial charge in [-0.05, 0) is 89.1 Å². The first-order chi connectivity index (χ1) is 15.2. The zero-order valence-corrected chi connectivity index (χ0v) is 20.6. The minimum Gasteiger partial charge on any atom is -0.302 e. The van der Waals surface area contributed by atoms with Crippen LogP contribution in [-0.4, -0.2) is 30.3 Å². The maximum Gasteiger partial charge on any atom is 0.177 e. The monoisotopic (exact) mass is 511 g/mol. The Balaban J connectivity index is 0.000000171. The largest absolute Gasteiger partial charge is 0.302 e. The molecule has 1 aliphatic heterocycles. The molecule has 0 N–H and O–H groups in total. The third kappa shape index (κ3) is 5.28. The molecule has 0 spiro atoms. The Bertz CT molecular complexity index is 1130. The molecule has 0 radical (unpaired) electrons. The van der Waals surface area contributed by atoms with Gasteiger partial charge in [0.05, 0.1) is 8.66 Å². The molecule has 1 saturated heterocycles. The predicted molar refractivity (Wildman–Crippen MR) is 138 cm³/mol. The molecular formula is C26H26BrNOS2. The molecule has 31 heavy (non-hydrogen) atoms. The van der Waals surface area contributed by atoms with Crippen LogP contribution in [0.15, 0.2) is 64.5 Å². The molecule has 3 heterocycles. The van der Waals surface area contributed by atoms with Gasteiger partial charge in [-0.25, -0.2) is 0 Å². The zero-order valence-electron chi connectivity index (χ0n) is 17.4. The summed E-state index contributed by atoms with van der Waals surface area (Å²) in [5, 5.41) is 2.52. The summed E-state index contributed by atoms with van der Waals surface area (Å²) >= 11 is 6.87. The third-order valence-corrected chi connectivity index (χ3v) is 8.90. The van der Waals surface area contributed by atoms with Crippen LogP contribution >= 0.6 is 38.6 Å². The smallest absolute Gasteiger partial charge is 0.177 e. The minimum absolute atomic E-state index is 0.213. The zero-order chi connectivity index (χ0) is 21.2. The lowest BCUT2D eigenvalue weighted by Gasteiger charge is -2.31. The summed E-state index contributed by atoms with van der Waals surface area (Å²) in [5.41, 5.74) is 0. The van der Waals surface area contributed by atoms with E-state index < -0.39 is 0 Å². The van der Waals surface area contributed by atoms with Gasteiger partial charge >= 0.3 is 0 Å². The lowest BCUT2D eigenvalue weighted by atomic mass is 9.92. The van der Waals surface area contributed by atoms with Crippen molar-refractivity contribution in [3.63, 3.8) is 0 Å². The molecule has 2 fully saturated rings. The van der Waals surface area contributed by atoms with E-state index in [4.69, 9.17) is 0 Å². The van der Waals surface area contributed by atoms with E-state index in [0.29, 0.717) is 5.78 Å². The summed E-state index contributed by atoms with van der Waals surface area (Å²) in [6.07, 6.45) is 5.03. The maximum atomic E-state index is 12.8. The molecule has 6 rings (SSSR count). The number of nitrogens with zero attached hydrogens (tertiary/aromatic N) is 1. The van der Waals surface area contributed by atoms with Gasteiger partial charge < -0.3 is 4.90 Å². The fraction of sp³-hybridized carbons (Fsp3) is 0.346. The fourth-order valence-corrected chi connectivity index (χ4v) is 6.99. The Hall–Kier alpha value is -1.53. The Labute approximate surface area is 200 Å². The van der Waals surface area contributed by atoms with Gasteiger partial charge in [0.25, 0.3) is 0 Å². The van der Waals surface area contributed by atoms with Gasteiger partial charge in [-0.2, -0.15) is 0 Å². The molecule has 0 amide bonds. The molecule has 1 unspecified atom stereocenters. The predicted octanol–water partition coefficient (Wildman–Crippen LogP) is 7.87. The summed E-state index contributed by atoms with van der Waals surface area (Å²) in [6.45, 7) is 3.38. The van der Waals surface area contributed by atoms with Crippen LogP contribution in [0.5, 0.6) is 0 Å². The lowest BCUT2D eigenvalue weighted by molar-refractivity contribution is 0.0819. The molecule has 2 aromatic carbocycles. The molecule has 2 aromatic heterocycles. The van der Waals surface area contributed by atoms with Crippen molar-refractivity contribution in [2.24, 2.45) is 11.8 Å². The Morgan fingerprint density at radius 2 is 1.61 bits per heavy atom. The third-order valence-electron chi connectivity index (χ3n) is 6.15. The van der Waals surface area contributed by atoms with Crippen LogP contribution in [0.25, 0.3) is 20.2 Å². The number of hydrogen-bond acceptors (Lipinski definition) is 4. The molecule has 5 heteroatoms. The second-order valence-electron chi connectivity index (χ2n) is 8.64. The van der Waals surface area contributed by atoms with Crippen molar-refractivity contribution in [3.05, 3.63) is 69.3 Å². The van der Waals surface area contributed by atoms with E-state index in [9.17, 15) is 4.79 Å². The average Bonchev–Trinajstić information content (AvgIpc) is 3.35. The SMILES string of the molecule is Brc1cc2ccccc2s1.O=C(c1cc2ccccc2s1)C1CCCN(CC2CC2)C1. The van der Waals surface area contributed by atoms with Crippen molar-refractivity contribution >= 4 is 64.6 Å². The van der Waals surface area contributed by atoms with E-state index in [0.717, 1.165) is 23.8 Å². The van der Waals surface area contributed by atoms with Crippen molar-refractivity contribution in [2.75, 3.05) is 19.6 Å². The van der Waals surface area contributed by atoms with Gasteiger partial charge in [-0.3, -0.25) is 4.79 Å². The first-order valence-electron chi connectivity index (χ1n) is 11.0. The number of ketones is 1. The van der Waals surface area contributed by atoms with E-state index in [1.54, 1.807) is 22.7 Å². The number of hydrogen-bond donors (Lipinski definition) is 0. The Kier molecular flexibility index (Phi) is 6.56. The molecule has 0 bridgehead atoms. The number of carbonyl (C=O) groups excluding carboxylic acids is 1. The molecule has 1 saturated carbocycles. The molecule has 160 valence electrons. The standard InChI is InChI=1S/C18H21NOS.C8H5BrS/c20-18(17-10-14-4-1-2-6-16(14)21-17)15-5-3-9-19(12-15)11-13-7-8-13;9-8-5-6-3-1-2-4-7(6)10-8/h1-2,4,6,10,13,15H,3,5,7-9,11-12H2;1-5H. The van der Waals surface area contributed by atoms with Crippen LogP contribution < -0.4 is 0 Å². The maximum absolute atomic E-state index is 12.8. The number of benzene rings is 2. The number of halogens is 1. The van der Waals surface area contributed by atoms with Crippen LogP contribution in [0.3, 0.4) is 0 Å². The van der Waals surface area contributed by atoms with Gasteiger partial charge in [-0.1, -0.05) is 36.4 Å². The van der Waals surface area contributed by atoms with E-state index in [1.807, 2.05) is 12.1 Å². The second kappa shape index (κ2) is 9.53. The highest BCUT2D eigenvalue weighted by atomic mass is 79.9. The van der Waals surface area contributed by atoms with Crippen LogP contribution in [-0.2, 0) is 0 Å². The van der Waals surface area contributed by atoms with Gasteiger partial charge in [0.2, 0.25) is 0 Å². The van der Waals surface area contributed by atoms with E-state index in [-0.39, 0.29) is 5.92 Å². The number of fused-ring (bicyclic) bond motifs is 2. The average molecular weight is 513 g/mol. The molecule has 4 aromatic rings. The number of carbonyl (C=O) groups is 1. The normalized spacial score (nSPS) is 19.3. The van der Waals surface area contributed by atoms with Crippen molar-refractivity contribution in [1.82, 2.24) is 4.90 Å². The van der Waals surface area contributed by atoms with Crippen molar-refractivity contribution in [2.45, 2.75) is 25.7 Å². The number of piperidine rings is 1. The summed E-state index contributed by atoms with van der Waals surface area (Å²) in [4.78, 5) is 16.3. The molecule has 1 atom stereocenters. The Morgan fingerprint density at radius 1 is 0.935 bits per heavy atom. The van der Waals surface area contributed by atoms with Gasteiger partial charge in [0.15, 0.2) is 5.78 Å². The summed E-state index contributed by atoms with van der Waals surface area (Å²) < 4.78 is 3.77. The van der Waals surface area contributed by atoms with E-state index in [2.05, 4.69) is 69.4 Å². The first kappa shape index (κ1) is 21.3. The molecular weight excluding hydrogens is 486 g/mol. The molecule has 2 nitrogen and oxygen atoms in total. The van der Waals surface area contributed by atoms with Crippen LogP contribution in [0.2, 0.25) is 0 Å². The van der Waals surface area contributed by atoms with Crippen LogP contribution in [0.1, 0.15) is 35.4 Å². The molecule has 1 aliphatic carbocycles. The summed E-state index contributed by atoms with van der Waals surface area (Å²) in [5.74, 6) is 1.51. The number of Topliss-reactive ketones (excluding diaryl/α,β-unsaturated/α-hetero) is 1. The first-order valence-corrected chi connectivity index (χ1v) is 13.5. The van der Waals surface area contributed by atoms with Gasteiger partial charge in [0, 0.05) is 28.4 Å². The quantitative estimate of drug-likeness (QED) is 0.259. The topological polar surface area (TPSA) is 20.3 Å². The number of rotatable bonds is 4. The molecule has 2 aliphatic rings. The number of likely N-dealkylation sites (tertiary alicyclic amines) is 1. The highest BCUT2D eigenvalue weighted by Gasteiger charge is 2.31. The fourth-order valence-electron chi connectivity index (χ4n) is 4.35. The van der Waals surface area contributed by atoms with Crippen molar-refractivity contribution in [3.8, 4) is 0 Å². The summed E-state index contributed by atoms with van der Waals surface area (Å²) in [6, 6.07) is 20.9.